The number of guanidine groups is 1. The Bertz CT molecular complexity index is 1030. The maximum Gasteiger partial charge on any atom is 0.254 e. The predicted molar refractivity (Wildman–Crippen MR) is 119 cm³/mol. The summed E-state index contributed by atoms with van der Waals surface area (Å²) >= 11 is 0. The van der Waals surface area contributed by atoms with Crippen LogP contribution in [0.15, 0.2) is 47.5 Å². The van der Waals surface area contributed by atoms with Gasteiger partial charge in [0.2, 0.25) is 5.96 Å². The van der Waals surface area contributed by atoms with Gasteiger partial charge in [0.1, 0.15) is 5.82 Å². The number of hydrogen-bond acceptors (Lipinski definition) is 4. The summed E-state index contributed by atoms with van der Waals surface area (Å²) in [5.74, 6) is -0.0401. The molecule has 7 nitrogen and oxygen atoms in total. The van der Waals surface area contributed by atoms with E-state index in [1.807, 2.05) is 30.1 Å². The summed E-state index contributed by atoms with van der Waals surface area (Å²) in [5, 5.41) is 12.0. The van der Waals surface area contributed by atoms with E-state index in [9.17, 15) is 14.4 Å². The molecule has 1 heterocycles. The number of amides is 1. The number of aliphatic imine (C=N–C) groups is 1. The van der Waals surface area contributed by atoms with Gasteiger partial charge < -0.3 is 15.5 Å². The molecule has 3 N–H and O–H groups in total. The molecule has 31 heavy (non-hydrogen) atoms. The van der Waals surface area contributed by atoms with E-state index < -0.39 is 5.82 Å². The Morgan fingerprint density at radius 2 is 2.03 bits per heavy atom. The van der Waals surface area contributed by atoms with E-state index >= 15 is 0 Å². The standard InChI is InChI=1S/C23H27FN6O/c1-15(2)21-13-29(22(31)17-6-4-7-18(24)12-17)10-11-30(21)23(27-14-25)28-20-9-5-8-19(26)16(20)3/h4-9,12,15,21H,10-11,13,26H2,1-3H3,(H,27,28). The van der Waals surface area contributed by atoms with Crippen molar-refractivity contribution in [2.45, 2.75) is 26.8 Å². The number of nitrogens with two attached hydrogens (primary N) is 1. The highest BCUT2D eigenvalue weighted by atomic mass is 19.1. The van der Waals surface area contributed by atoms with Gasteiger partial charge in [-0.1, -0.05) is 26.0 Å². The minimum atomic E-state index is -0.435. The molecule has 162 valence electrons. The monoisotopic (exact) mass is 422 g/mol. The average Bonchev–Trinajstić information content (AvgIpc) is 2.75. The van der Waals surface area contributed by atoms with Crippen molar-refractivity contribution >= 4 is 23.2 Å². The molecule has 3 rings (SSSR count). The molecule has 2 aromatic carbocycles. The lowest BCUT2D eigenvalue weighted by molar-refractivity contribution is 0.0555. The van der Waals surface area contributed by atoms with Crippen molar-refractivity contribution < 1.29 is 9.18 Å². The number of carbonyl (C=O) groups is 1. The van der Waals surface area contributed by atoms with Crippen molar-refractivity contribution in [1.82, 2.24) is 15.1 Å². The summed E-state index contributed by atoms with van der Waals surface area (Å²) in [7, 11) is 0. The van der Waals surface area contributed by atoms with Crippen molar-refractivity contribution in [3.8, 4) is 6.19 Å². The summed E-state index contributed by atoms with van der Waals surface area (Å²) in [6.07, 6.45) is 1.97. The van der Waals surface area contributed by atoms with Crippen LogP contribution in [-0.2, 0) is 0 Å². The van der Waals surface area contributed by atoms with E-state index in [0.29, 0.717) is 42.5 Å². The topological polar surface area (TPSA) is 97.7 Å². The highest BCUT2D eigenvalue weighted by Gasteiger charge is 2.34. The molecule has 1 atom stereocenters. The fourth-order valence-electron chi connectivity index (χ4n) is 3.72. The highest BCUT2D eigenvalue weighted by molar-refractivity contribution is 5.94. The molecular formula is C23H27FN6O. The molecule has 1 aliphatic heterocycles. The molecule has 0 aromatic heterocycles. The zero-order valence-electron chi connectivity index (χ0n) is 18.0. The fraction of sp³-hybridized carbons (Fsp3) is 0.348. The number of nitriles is 1. The lowest BCUT2D eigenvalue weighted by atomic mass is 9.99. The molecule has 8 heteroatoms. The smallest absolute Gasteiger partial charge is 0.254 e. The summed E-state index contributed by atoms with van der Waals surface area (Å²) in [5.41, 5.74) is 8.47. The second-order valence-corrected chi connectivity index (χ2v) is 7.93. The second kappa shape index (κ2) is 9.47. The number of anilines is 1. The number of halogens is 1. The number of nitrogens with zero attached hydrogens (tertiary/aromatic N) is 4. The van der Waals surface area contributed by atoms with E-state index in [1.54, 1.807) is 17.0 Å². The van der Waals surface area contributed by atoms with Crippen molar-refractivity contribution in [3.63, 3.8) is 0 Å². The molecule has 0 bridgehead atoms. The lowest BCUT2D eigenvalue weighted by Crippen LogP contribution is -2.60. The molecule has 0 saturated carbocycles. The maximum absolute atomic E-state index is 13.6. The van der Waals surface area contributed by atoms with Gasteiger partial charge >= 0.3 is 0 Å². The van der Waals surface area contributed by atoms with Crippen LogP contribution in [0.25, 0.3) is 0 Å². The van der Waals surface area contributed by atoms with E-state index in [2.05, 4.69) is 24.2 Å². The minimum absolute atomic E-state index is 0.0766. The van der Waals surface area contributed by atoms with Crippen LogP contribution in [0.1, 0.15) is 29.8 Å². The molecule has 1 aliphatic rings. The van der Waals surface area contributed by atoms with Gasteiger partial charge in [-0.15, -0.1) is 0 Å². The zero-order valence-corrected chi connectivity index (χ0v) is 18.0. The SMILES string of the molecule is Cc1c(N)cccc1N=C(NC#N)N1CCN(C(=O)c2cccc(F)c2)CC1C(C)C. The Kier molecular flexibility index (Phi) is 6.75. The van der Waals surface area contributed by atoms with Crippen molar-refractivity contribution in [2.75, 3.05) is 25.4 Å². The van der Waals surface area contributed by atoms with Crippen LogP contribution in [0, 0.1) is 30.1 Å². The summed E-state index contributed by atoms with van der Waals surface area (Å²) in [6, 6.07) is 11.1. The minimum Gasteiger partial charge on any atom is -0.398 e. The van der Waals surface area contributed by atoms with Crippen LogP contribution in [-0.4, -0.2) is 47.3 Å². The molecule has 1 saturated heterocycles. The van der Waals surface area contributed by atoms with Gasteiger partial charge in [0.25, 0.3) is 5.91 Å². The predicted octanol–water partition coefficient (Wildman–Crippen LogP) is 3.26. The van der Waals surface area contributed by atoms with E-state index in [0.717, 1.165) is 5.56 Å². The highest BCUT2D eigenvalue weighted by Crippen LogP contribution is 2.25. The molecule has 0 radical (unpaired) electrons. The maximum atomic E-state index is 13.6. The van der Waals surface area contributed by atoms with Gasteiger partial charge in [0.05, 0.1) is 11.7 Å². The Hall–Kier alpha value is -3.60. The Morgan fingerprint density at radius 3 is 2.71 bits per heavy atom. The quantitative estimate of drug-likeness (QED) is 0.260. The van der Waals surface area contributed by atoms with Crippen LogP contribution in [0.3, 0.4) is 0 Å². The third-order valence-corrected chi connectivity index (χ3v) is 5.56. The van der Waals surface area contributed by atoms with E-state index in [-0.39, 0.29) is 17.9 Å². The second-order valence-electron chi connectivity index (χ2n) is 7.93. The molecule has 0 spiro atoms. The van der Waals surface area contributed by atoms with Crippen LogP contribution < -0.4 is 11.1 Å². The number of nitrogen functional groups attached to an aromatic ring is 1. The van der Waals surface area contributed by atoms with Crippen LogP contribution in [0.2, 0.25) is 0 Å². The normalized spacial score (nSPS) is 16.9. The van der Waals surface area contributed by atoms with Crippen molar-refractivity contribution in [2.24, 2.45) is 10.9 Å². The van der Waals surface area contributed by atoms with Gasteiger partial charge in [0, 0.05) is 30.9 Å². The Labute approximate surface area is 182 Å². The molecule has 2 aromatic rings. The average molecular weight is 423 g/mol. The first-order valence-corrected chi connectivity index (χ1v) is 10.2. The number of piperazine rings is 1. The molecule has 1 unspecified atom stereocenters. The first-order valence-electron chi connectivity index (χ1n) is 10.2. The summed E-state index contributed by atoms with van der Waals surface area (Å²) in [6.45, 7) is 7.36. The number of nitrogens with one attached hydrogen (secondary N) is 1. The van der Waals surface area contributed by atoms with E-state index in [4.69, 9.17) is 5.73 Å². The molecule has 1 fully saturated rings. The largest absolute Gasteiger partial charge is 0.398 e. The fourth-order valence-corrected chi connectivity index (χ4v) is 3.72. The Balaban J connectivity index is 1.88. The van der Waals surface area contributed by atoms with Crippen LogP contribution in [0.5, 0.6) is 0 Å². The lowest BCUT2D eigenvalue weighted by Gasteiger charge is -2.44. The Morgan fingerprint density at radius 1 is 1.29 bits per heavy atom. The third kappa shape index (κ3) is 4.94. The van der Waals surface area contributed by atoms with Crippen LogP contribution in [0.4, 0.5) is 15.8 Å². The first-order chi connectivity index (χ1) is 14.8. The van der Waals surface area contributed by atoms with E-state index in [1.165, 1.54) is 18.2 Å². The summed E-state index contributed by atoms with van der Waals surface area (Å²) < 4.78 is 13.6. The molecular weight excluding hydrogens is 395 g/mol. The molecule has 0 aliphatic carbocycles. The molecule has 1 amide bonds. The zero-order chi connectivity index (χ0) is 22.5. The van der Waals surface area contributed by atoms with Gasteiger partial charge in [-0.3, -0.25) is 10.1 Å². The van der Waals surface area contributed by atoms with Crippen molar-refractivity contribution in [1.29, 1.82) is 5.26 Å². The van der Waals surface area contributed by atoms with Crippen LogP contribution >= 0.6 is 0 Å². The number of benzene rings is 2. The number of rotatable bonds is 3. The third-order valence-electron chi connectivity index (χ3n) is 5.56. The van der Waals surface area contributed by atoms with Gasteiger partial charge in [-0.2, -0.15) is 5.26 Å². The van der Waals surface area contributed by atoms with Crippen molar-refractivity contribution in [3.05, 3.63) is 59.4 Å². The van der Waals surface area contributed by atoms with Gasteiger partial charge in [0.15, 0.2) is 6.19 Å². The number of carbonyl (C=O) groups excluding carboxylic acids is 1. The summed E-state index contributed by atoms with van der Waals surface area (Å²) in [4.78, 5) is 21.4. The van der Waals surface area contributed by atoms with Gasteiger partial charge in [-0.25, -0.2) is 9.38 Å². The van der Waals surface area contributed by atoms with Gasteiger partial charge in [-0.05, 0) is 48.7 Å². The number of hydrogen-bond donors (Lipinski definition) is 2. The first kappa shape index (κ1) is 22.1.